The lowest BCUT2D eigenvalue weighted by molar-refractivity contribution is -0.117. The van der Waals surface area contributed by atoms with Crippen molar-refractivity contribution in [3.63, 3.8) is 0 Å². The maximum atomic E-state index is 13.4. The molecule has 0 saturated heterocycles. The summed E-state index contributed by atoms with van der Waals surface area (Å²) in [4.78, 5) is 43.1. The van der Waals surface area contributed by atoms with Crippen molar-refractivity contribution in [1.82, 2.24) is 5.43 Å². The Kier molecular flexibility index (Phi) is 5.84. The van der Waals surface area contributed by atoms with Gasteiger partial charge in [-0.25, -0.2) is 14.8 Å². The molecule has 2 N–H and O–H groups in total. The maximum absolute atomic E-state index is 13.4. The smallest absolute Gasteiger partial charge is 0.336 e. The number of nitrogens with one attached hydrogen (secondary N) is 1. The highest BCUT2D eigenvalue weighted by Gasteiger charge is 2.29. The molecule has 3 aromatic carbocycles. The molecule has 0 aliphatic carbocycles. The van der Waals surface area contributed by atoms with Crippen LogP contribution in [0.3, 0.4) is 0 Å². The van der Waals surface area contributed by atoms with Gasteiger partial charge in [-0.2, -0.15) is 0 Å². The first kappa shape index (κ1) is 24.9. The Hall–Kier alpha value is -5.44. The van der Waals surface area contributed by atoms with Crippen LogP contribution in [-0.2, 0) is 4.79 Å². The zero-order valence-electron chi connectivity index (χ0n) is 21.8. The molecule has 5 aromatic rings. The fraction of sp³-hybridized carbons (Fsp3) is 0.0968. The number of carbonyl (C=O) groups is 1. The van der Waals surface area contributed by atoms with Gasteiger partial charge in [-0.05, 0) is 67.8 Å². The first-order chi connectivity index (χ1) is 19.2. The average molecular weight is 534 g/mol. The number of aromatic hydroxyl groups is 1. The molecule has 3 heterocycles. The Balaban J connectivity index is 1.54. The summed E-state index contributed by atoms with van der Waals surface area (Å²) >= 11 is 0. The van der Waals surface area contributed by atoms with E-state index in [-0.39, 0.29) is 22.2 Å². The van der Waals surface area contributed by atoms with Crippen LogP contribution in [-0.4, -0.2) is 16.8 Å². The third kappa shape index (κ3) is 4.23. The van der Waals surface area contributed by atoms with E-state index in [0.29, 0.717) is 28.1 Å². The zero-order chi connectivity index (χ0) is 28.1. The Labute approximate surface area is 227 Å². The molecule has 1 aliphatic heterocycles. The lowest BCUT2D eigenvalue weighted by Gasteiger charge is -2.31. The predicted molar refractivity (Wildman–Crippen MR) is 152 cm³/mol. The van der Waals surface area contributed by atoms with E-state index in [2.05, 4.69) is 10.4 Å². The molecule has 1 amide bonds. The Morgan fingerprint density at radius 1 is 0.850 bits per heavy atom. The van der Waals surface area contributed by atoms with E-state index in [0.717, 1.165) is 16.7 Å². The molecule has 0 saturated carbocycles. The molecule has 2 aromatic heterocycles. The van der Waals surface area contributed by atoms with Gasteiger partial charge in [0.1, 0.15) is 22.4 Å². The largest absolute Gasteiger partial charge is 0.480 e. The van der Waals surface area contributed by atoms with Gasteiger partial charge in [-0.15, -0.1) is 0 Å². The molecule has 0 spiro atoms. The number of fused-ring (bicyclic) bond motifs is 2. The van der Waals surface area contributed by atoms with Crippen LogP contribution in [0.5, 0.6) is 5.95 Å². The Bertz CT molecular complexity index is 2040. The highest BCUT2D eigenvalue weighted by atomic mass is 16.5. The highest BCUT2D eigenvalue weighted by molar-refractivity contribution is 6.18. The standard InChI is InChI=1S/C31H23N3O6/c1-16-9-10-20-25(11-16)40-31(38)22(28(20)36)14-23-30(37)33-34(29(32-23)19-7-5-4-6-8-19)24-15-21-17(2)13-27(35)39-26(21)12-18(24)3/h4-15,38H,1-3H3,(H,33,37)/b23-14+. The zero-order valence-corrected chi connectivity index (χ0v) is 21.8. The van der Waals surface area contributed by atoms with Crippen LogP contribution in [0.4, 0.5) is 5.69 Å². The number of amides is 1. The summed E-state index contributed by atoms with van der Waals surface area (Å²) < 4.78 is 10.9. The van der Waals surface area contributed by atoms with Crippen molar-refractivity contribution in [3.05, 3.63) is 121 Å². The molecule has 0 fully saturated rings. The number of hydrogen-bond donors (Lipinski definition) is 2. The number of aryl methyl sites for hydroxylation is 3. The molecule has 1 aliphatic rings. The summed E-state index contributed by atoms with van der Waals surface area (Å²) in [6.07, 6.45) is 1.22. The number of aliphatic imine (C=N–C) groups is 1. The average Bonchev–Trinajstić information content (AvgIpc) is 2.91. The van der Waals surface area contributed by atoms with Crippen molar-refractivity contribution in [2.24, 2.45) is 4.99 Å². The van der Waals surface area contributed by atoms with Crippen LogP contribution in [0.2, 0.25) is 0 Å². The minimum absolute atomic E-state index is 0.0928. The van der Waals surface area contributed by atoms with Gasteiger partial charge in [0.2, 0.25) is 5.43 Å². The van der Waals surface area contributed by atoms with Crippen molar-refractivity contribution in [2.75, 3.05) is 5.01 Å². The normalized spacial score (nSPS) is 14.6. The molecule has 9 heteroatoms. The molecule has 198 valence electrons. The summed E-state index contributed by atoms with van der Waals surface area (Å²) in [6, 6.07) is 19.2. The molecule has 0 atom stereocenters. The fourth-order valence-corrected chi connectivity index (χ4v) is 4.74. The Morgan fingerprint density at radius 3 is 2.38 bits per heavy atom. The number of amidine groups is 1. The second-order valence-corrected chi connectivity index (χ2v) is 9.64. The summed E-state index contributed by atoms with van der Waals surface area (Å²) in [5.41, 5.74) is 5.95. The van der Waals surface area contributed by atoms with Gasteiger partial charge in [-0.3, -0.25) is 15.0 Å². The van der Waals surface area contributed by atoms with Gasteiger partial charge in [0.25, 0.3) is 11.9 Å². The molecule has 0 unspecified atom stereocenters. The molecular weight excluding hydrogens is 510 g/mol. The second-order valence-electron chi connectivity index (χ2n) is 9.64. The highest BCUT2D eigenvalue weighted by Crippen LogP contribution is 2.31. The van der Waals surface area contributed by atoms with E-state index in [1.165, 1.54) is 12.1 Å². The first-order valence-corrected chi connectivity index (χ1v) is 12.5. The van der Waals surface area contributed by atoms with Crippen molar-refractivity contribution in [3.8, 4) is 5.95 Å². The fourth-order valence-electron chi connectivity index (χ4n) is 4.74. The number of hydrazine groups is 1. The summed E-state index contributed by atoms with van der Waals surface area (Å²) in [6.45, 7) is 5.49. The third-order valence-electron chi connectivity index (χ3n) is 6.77. The number of rotatable bonds is 3. The van der Waals surface area contributed by atoms with E-state index < -0.39 is 22.9 Å². The molecule has 6 rings (SSSR count). The number of hydrogen-bond acceptors (Lipinski definition) is 8. The van der Waals surface area contributed by atoms with Gasteiger partial charge in [0.15, 0.2) is 5.84 Å². The molecule has 40 heavy (non-hydrogen) atoms. The van der Waals surface area contributed by atoms with Crippen molar-refractivity contribution in [2.45, 2.75) is 20.8 Å². The molecule has 9 nitrogen and oxygen atoms in total. The minimum atomic E-state index is -0.607. The summed E-state index contributed by atoms with van der Waals surface area (Å²) in [7, 11) is 0. The lowest BCUT2D eigenvalue weighted by atomic mass is 10.1. The van der Waals surface area contributed by atoms with E-state index in [9.17, 15) is 19.5 Å². The van der Waals surface area contributed by atoms with Crippen molar-refractivity contribution in [1.29, 1.82) is 0 Å². The predicted octanol–water partition coefficient (Wildman–Crippen LogP) is 4.87. The lowest BCUT2D eigenvalue weighted by Crippen LogP contribution is -2.51. The molecule has 0 radical (unpaired) electrons. The summed E-state index contributed by atoms with van der Waals surface area (Å²) in [5, 5.41) is 13.1. The van der Waals surface area contributed by atoms with Crippen molar-refractivity contribution >= 4 is 45.4 Å². The number of nitrogens with zero attached hydrogens (tertiary/aromatic N) is 2. The third-order valence-corrected chi connectivity index (χ3v) is 6.77. The van der Waals surface area contributed by atoms with Gasteiger partial charge < -0.3 is 13.9 Å². The quantitative estimate of drug-likeness (QED) is 0.250. The van der Waals surface area contributed by atoms with Crippen LogP contribution in [0.1, 0.15) is 27.8 Å². The SMILES string of the molecule is Cc1ccc2c(=O)c(/C=C3/N=C(c4ccccc4)N(c4cc5c(C)cc(=O)oc5cc4C)NC3=O)c(O)oc2c1. The maximum Gasteiger partial charge on any atom is 0.336 e. The van der Waals surface area contributed by atoms with E-state index in [1.807, 2.05) is 57.2 Å². The molecule has 0 bridgehead atoms. The van der Waals surface area contributed by atoms with Crippen LogP contribution in [0.25, 0.3) is 28.0 Å². The summed E-state index contributed by atoms with van der Waals surface area (Å²) in [5.74, 6) is -0.827. The number of carbonyl (C=O) groups excluding carboxylic acids is 1. The van der Waals surface area contributed by atoms with Crippen LogP contribution in [0, 0.1) is 20.8 Å². The first-order valence-electron chi connectivity index (χ1n) is 12.5. The van der Waals surface area contributed by atoms with Crippen LogP contribution in [0.15, 0.2) is 95.8 Å². The number of anilines is 1. The van der Waals surface area contributed by atoms with Crippen molar-refractivity contribution < 1.29 is 18.7 Å². The van der Waals surface area contributed by atoms with Gasteiger partial charge in [-0.1, -0.05) is 36.4 Å². The van der Waals surface area contributed by atoms with Gasteiger partial charge in [0.05, 0.1) is 11.1 Å². The van der Waals surface area contributed by atoms with E-state index >= 15 is 0 Å². The van der Waals surface area contributed by atoms with Gasteiger partial charge in [0, 0.05) is 17.0 Å². The monoisotopic (exact) mass is 533 g/mol. The second kappa shape index (κ2) is 9.39. The Morgan fingerprint density at radius 2 is 1.60 bits per heavy atom. The molecular formula is C31H23N3O6. The van der Waals surface area contributed by atoms with Crippen LogP contribution < -0.4 is 21.5 Å². The van der Waals surface area contributed by atoms with Crippen LogP contribution >= 0.6 is 0 Å². The topological polar surface area (TPSA) is 125 Å². The van der Waals surface area contributed by atoms with Gasteiger partial charge >= 0.3 is 5.63 Å². The minimum Gasteiger partial charge on any atom is -0.480 e. The number of benzene rings is 3. The van der Waals surface area contributed by atoms with E-state index in [4.69, 9.17) is 8.83 Å². The van der Waals surface area contributed by atoms with E-state index in [1.54, 1.807) is 29.3 Å².